The molecule has 0 aliphatic heterocycles. The largest absolute Gasteiger partial charge is 0.440 e. The van der Waals surface area contributed by atoms with E-state index in [4.69, 9.17) is 8.94 Å². The molecule has 2 aromatic carbocycles. The number of nitrogens with zero attached hydrogens (tertiary/aromatic N) is 3. The number of aromatic nitrogens is 3. The number of oxazole rings is 1. The molecule has 4 rings (SSSR count). The summed E-state index contributed by atoms with van der Waals surface area (Å²) in [5.74, 6) is 2.80. The molecule has 0 bridgehead atoms. The maximum atomic E-state index is 5.52. The summed E-state index contributed by atoms with van der Waals surface area (Å²) in [5.41, 5.74) is 2.81. The van der Waals surface area contributed by atoms with Gasteiger partial charge in [0.05, 0.1) is 0 Å². The van der Waals surface area contributed by atoms with E-state index in [0.717, 1.165) is 22.6 Å². The van der Waals surface area contributed by atoms with Crippen molar-refractivity contribution in [2.45, 2.75) is 53.4 Å². The predicted octanol–water partition coefficient (Wildman–Crippen LogP) is 6.84. The molecule has 28 heavy (non-hydrogen) atoms. The monoisotopic (exact) mass is 379 g/mol. The van der Waals surface area contributed by atoms with Gasteiger partial charge in [-0.1, -0.05) is 89.2 Å². The highest BCUT2D eigenvalue weighted by atomic mass is 16.5. The Morgan fingerprint density at radius 2 is 1.32 bits per heavy atom. The maximum Gasteiger partial charge on any atom is 0.229 e. The van der Waals surface area contributed by atoms with Crippen molar-refractivity contribution in [2.24, 2.45) is 0 Å². The van der Waals surface area contributed by atoms with E-state index in [0.29, 0.717) is 17.6 Å². The summed E-state index contributed by atoms with van der Waals surface area (Å²) in [6.45, 7) is 12.2. The van der Waals surface area contributed by atoms with Crippen LogP contribution in [0.3, 0.4) is 0 Å². The van der Waals surface area contributed by atoms with Crippen LogP contribution in [0.1, 0.15) is 65.2 Å². The van der Waals surface area contributed by atoms with Crippen molar-refractivity contribution < 1.29 is 8.94 Å². The lowest BCUT2D eigenvalue weighted by Gasteiger charge is -1.93. The number of hydrogen-bond acceptors (Lipinski definition) is 5. The van der Waals surface area contributed by atoms with Gasteiger partial charge in [-0.15, -0.1) is 0 Å². The van der Waals surface area contributed by atoms with Gasteiger partial charge in [0.15, 0.2) is 11.5 Å². The van der Waals surface area contributed by atoms with Gasteiger partial charge in [-0.05, 0) is 12.1 Å². The van der Waals surface area contributed by atoms with Crippen molar-refractivity contribution in [2.75, 3.05) is 0 Å². The fraction of sp³-hybridized carbons (Fsp3) is 0.348. The van der Waals surface area contributed by atoms with Gasteiger partial charge in [0.1, 0.15) is 5.52 Å². The van der Waals surface area contributed by atoms with Crippen molar-refractivity contribution in [3.63, 3.8) is 0 Å². The average Bonchev–Trinajstić information content (AvgIpc) is 3.38. The van der Waals surface area contributed by atoms with Gasteiger partial charge in [0.2, 0.25) is 11.7 Å². The van der Waals surface area contributed by atoms with Gasteiger partial charge in [0.25, 0.3) is 0 Å². The van der Waals surface area contributed by atoms with E-state index in [1.807, 2.05) is 82.3 Å². The van der Waals surface area contributed by atoms with Gasteiger partial charge in [-0.2, -0.15) is 4.98 Å². The molecule has 0 amide bonds. The molecule has 0 radical (unpaired) electrons. The van der Waals surface area contributed by atoms with E-state index < -0.39 is 0 Å². The lowest BCUT2D eigenvalue weighted by molar-refractivity contribution is 0.365. The van der Waals surface area contributed by atoms with Crippen LogP contribution in [0.2, 0.25) is 0 Å². The van der Waals surface area contributed by atoms with Crippen LogP contribution in [0, 0.1) is 0 Å². The molecule has 0 spiro atoms. The third kappa shape index (κ3) is 5.52. The molecule has 0 fully saturated rings. The fourth-order valence-electron chi connectivity index (χ4n) is 2.31. The van der Waals surface area contributed by atoms with Crippen LogP contribution in [0.25, 0.3) is 22.5 Å². The summed E-state index contributed by atoms with van der Waals surface area (Å²) in [6, 6.07) is 17.6. The van der Waals surface area contributed by atoms with E-state index in [1.54, 1.807) is 0 Å². The summed E-state index contributed by atoms with van der Waals surface area (Å²) < 4.78 is 10.6. The first-order valence-corrected chi connectivity index (χ1v) is 9.79. The lowest BCUT2D eigenvalue weighted by Crippen LogP contribution is -1.86. The smallest absolute Gasteiger partial charge is 0.229 e. The third-order valence-corrected chi connectivity index (χ3v) is 3.77. The zero-order valence-corrected chi connectivity index (χ0v) is 17.5. The fourth-order valence-corrected chi connectivity index (χ4v) is 2.31. The predicted molar refractivity (Wildman–Crippen MR) is 113 cm³/mol. The van der Waals surface area contributed by atoms with Gasteiger partial charge in [0, 0.05) is 17.4 Å². The van der Waals surface area contributed by atoms with Crippen LogP contribution in [0.4, 0.5) is 0 Å². The van der Waals surface area contributed by atoms with Crippen molar-refractivity contribution in [1.82, 2.24) is 15.1 Å². The minimum Gasteiger partial charge on any atom is -0.440 e. The normalized spacial score (nSPS) is 10.4. The van der Waals surface area contributed by atoms with Gasteiger partial charge < -0.3 is 8.94 Å². The summed E-state index contributed by atoms with van der Waals surface area (Å²) in [5, 5.41) is 3.92. The van der Waals surface area contributed by atoms with Crippen molar-refractivity contribution in [3.8, 4) is 11.4 Å². The standard InChI is InChI=1S/C11H12N2O.C10H11NO.C2H6/c1-8(2)11-12-10(13-14-11)9-6-4-3-5-7-9;1-7(2)10-11-8-5-3-4-6-9(8)12-10;1-2/h3-8H,1-2H3;3-7H,1-2H3;1-2H3. The Bertz CT molecular complexity index is 923. The zero-order chi connectivity index (χ0) is 20.5. The molecular formula is C23H29N3O2. The molecule has 148 valence electrons. The molecule has 5 nitrogen and oxygen atoms in total. The van der Waals surface area contributed by atoms with E-state index in [2.05, 4.69) is 29.0 Å². The first kappa shape index (κ1) is 21.4. The third-order valence-electron chi connectivity index (χ3n) is 3.77. The average molecular weight is 380 g/mol. The van der Waals surface area contributed by atoms with Crippen molar-refractivity contribution >= 4 is 11.1 Å². The number of para-hydroxylation sites is 2. The van der Waals surface area contributed by atoms with E-state index in [9.17, 15) is 0 Å². The minimum absolute atomic E-state index is 0.278. The molecule has 0 unspecified atom stereocenters. The van der Waals surface area contributed by atoms with Crippen molar-refractivity contribution in [3.05, 3.63) is 66.4 Å². The Morgan fingerprint density at radius 3 is 1.89 bits per heavy atom. The lowest BCUT2D eigenvalue weighted by atomic mass is 10.2. The Hall–Kier alpha value is -2.95. The maximum absolute atomic E-state index is 5.52. The highest BCUT2D eigenvalue weighted by Gasteiger charge is 2.10. The molecule has 0 saturated carbocycles. The zero-order valence-electron chi connectivity index (χ0n) is 17.5. The molecule has 0 aliphatic carbocycles. The second-order valence-corrected chi connectivity index (χ2v) is 6.65. The topological polar surface area (TPSA) is 65.0 Å². The van der Waals surface area contributed by atoms with Gasteiger partial charge in [-0.3, -0.25) is 0 Å². The molecule has 2 aromatic heterocycles. The molecule has 0 atom stereocenters. The Balaban J connectivity index is 0.000000186. The SMILES string of the molecule is CC.CC(C)c1nc(-c2ccccc2)no1.CC(C)c1nc2ccccc2o1. The summed E-state index contributed by atoms with van der Waals surface area (Å²) in [4.78, 5) is 8.65. The minimum atomic E-state index is 0.278. The van der Waals surface area contributed by atoms with E-state index >= 15 is 0 Å². The number of hydrogen-bond donors (Lipinski definition) is 0. The Kier molecular flexibility index (Phi) is 7.93. The van der Waals surface area contributed by atoms with E-state index in [1.165, 1.54) is 0 Å². The summed E-state index contributed by atoms with van der Waals surface area (Å²) >= 11 is 0. The second-order valence-electron chi connectivity index (χ2n) is 6.65. The highest BCUT2D eigenvalue weighted by Crippen LogP contribution is 2.20. The van der Waals surface area contributed by atoms with E-state index in [-0.39, 0.29) is 5.92 Å². The van der Waals surface area contributed by atoms with Gasteiger partial charge in [-0.25, -0.2) is 4.98 Å². The second kappa shape index (κ2) is 10.4. The number of rotatable bonds is 3. The molecule has 0 saturated heterocycles. The van der Waals surface area contributed by atoms with Crippen LogP contribution >= 0.6 is 0 Å². The first-order chi connectivity index (χ1) is 13.5. The Labute approximate surface area is 166 Å². The molecule has 0 aliphatic rings. The highest BCUT2D eigenvalue weighted by molar-refractivity contribution is 5.72. The molecule has 2 heterocycles. The van der Waals surface area contributed by atoms with Crippen LogP contribution < -0.4 is 0 Å². The summed E-state index contributed by atoms with van der Waals surface area (Å²) in [6.07, 6.45) is 0. The molecule has 0 N–H and O–H groups in total. The van der Waals surface area contributed by atoms with Crippen LogP contribution in [0.5, 0.6) is 0 Å². The quantitative estimate of drug-likeness (QED) is 0.390. The number of benzene rings is 2. The summed E-state index contributed by atoms with van der Waals surface area (Å²) in [7, 11) is 0. The van der Waals surface area contributed by atoms with Gasteiger partial charge >= 0.3 is 0 Å². The van der Waals surface area contributed by atoms with Crippen LogP contribution in [0.15, 0.2) is 63.5 Å². The Morgan fingerprint density at radius 1 is 0.714 bits per heavy atom. The van der Waals surface area contributed by atoms with Crippen LogP contribution in [-0.2, 0) is 0 Å². The first-order valence-electron chi connectivity index (χ1n) is 9.79. The molecule has 5 heteroatoms. The molecular weight excluding hydrogens is 350 g/mol. The van der Waals surface area contributed by atoms with Crippen LogP contribution in [-0.4, -0.2) is 15.1 Å². The molecule has 4 aromatic rings. The number of fused-ring (bicyclic) bond motifs is 1. The van der Waals surface area contributed by atoms with Crippen molar-refractivity contribution in [1.29, 1.82) is 0 Å².